The van der Waals surface area contributed by atoms with Gasteiger partial charge in [-0.3, -0.25) is 0 Å². The summed E-state index contributed by atoms with van der Waals surface area (Å²) >= 11 is 8.76. The van der Waals surface area contributed by atoms with Crippen LogP contribution in [0.25, 0.3) is 0 Å². The fourth-order valence-corrected chi connectivity index (χ4v) is 1.65. The van der Waals surface area contributed by atoms with Gasteiger partial charge in [0.2, 0.25) is 11.2 Å². The zero-order valence-electron chi connectivity index (χ0n) is 9.12. The predicted molar refractivity (Wildman–Crippen MR) is 68.6 cm³/mol. The zero-order valence-corrected chi connectivity index (χ0v) is 11.5. The van der Waals surface area contributed by atoms with Gasteiger partial charge < -0.3 is 10.1 Å². The van der Waals surface area contributed by atoms with Crippen LogP contribution >= 0.6 is 27.5 Å². The van der Waals surface area contributed by atoms with Gasteiger partial charge in [0.15, 0.2) is 0 Å². The molecule has 1 heterocycles. The Morgan fingerprint density at radius 3 is 2.78 bits per heavy atom. The van der Waals surface area contributed by atoms with Gasteiger partial charge in [-0.25, -0.2) is 4.39 Å². The van der Waals surface area contributed by atoms with Crippen molar-refractivity contribution in [3.8, 4) is 11.8 Å². The van der Waals surface area contributed by atoms with E-state index in [1.54, 1.807) is 7.05 Å². The van der Waals surface area contributed by atoms with Crippen LogP contribution in [0, 0.1) is 5.82 Å². The van der Waals surface area contributed by atoms with Gasteiger partial charge in [0.25, 0.3) is 0 Å². The number of halogens is 3. The van der Waals surface area contributed by atoms with Gasteiger partial charge in [-0.05, 0) is 45.7 Å². The summed E-state index contributed by atoms with van der Waals surface area (Å²) in [4.78, 5) is 11.6. The highest BCUT2D eigenvalue weighted by Crippen LogP contribution is 2.25. The number of hydrogen-bond acceptors (Lipinski definition) is 5. The first-order valence-corrected chi connectivity index (χ1v) is 5.98. The van der Waals surface area contributed by atoms with Crippen LogP contribution in [-0.4, -0.2) is 22.0 Å². The quantitative estimate of drug-likeness (QED) is 0.934. The Morgan fingerprint density at radius 2 is 2.11 bits per heavy atom. The summed E-state index contributed by atoms with van der Waals surface area (Å²) in [6.45, 7) is 0. The maximum Gasteiger partial charge on any atom is 0.328 e. The number of nitrogens with zero attached hydrogens (tertiary/aromatic N) is 3. The second-order valence-electron chi connectivity index (χ2n) is 3.14. The first-order chi connectivity index (χ1) is 8.58. The Bertz CT molecular complexity index is 584. The van der Waals surface area contributed by atoms with Crippen molar-refractivity contribution in [2.45, 2.75) is 0 Å². The minimum atomic E-state index is -0.382. The van der Waals surface area contributed by atoms with Crippen LogP contribution < -0.4 is 10.1 Å². The SMILES string of the molecule is CNc1nc(Cl)nc(Oc2ccc(F)c(Br)c2)n1. The molecule has 5 nitrogen and oxygen atoms in total. The number of hydrogen-bond donors (Lipinski definition) is 1. The third kappa shape index (κ3) is 3.05. The molecule has 0 atom stereocenters. The van der Waals surface area contributed by atoms with Crippen molar-refractivity contribution in [2.24, 2.45) is 0 Å². The molecule has 0 spiro atoms. The summed E-state index contributed by atoms with van der Waals surface area (Å²) < 4.78 is 18.7. The average molecular weight is 334 g/mol. The molecule has 0 bridgehead atoms. The fourth-order valence-electron chi connectivity index (χ4n) is 1.14. The number of nitrogens with one attached hydrogen (secondary N) is 1. The van der Waals surface area contributed by atoms with E-state index in [-0.39, 0.29) is 27.5 Å². The molecule has 94 valence electrons. The third-order valence-electron chi connectivity index (χ3n) is 1.91. The van der Waals surface area contributed by atoms with E-state index in [9.17, 15) is 4.39 Å². The van der Waals surface area contributed by atoms with E-state index in [1.807, 2.05) is 0 Å². The molecule has 0 radical (unpaired) electrons. The Kier molecular flexibility index (Phi) is 3.93. The summed E-state index contributed by atoms with van der Waals surface area (Å²) in [6, 6.07) is 4.21. The largest absolute Gasteiger partial charge is 0.424 e. The van der Waals surface area contributed by atoms with Crippen LogP contribution in [-0.2, 0) is 0 Å². The van der Waals surface area contributed by atoms with Crippen molar-refractivity contribution in [3.63, 3.8) is 0 Å². The first kappa shape index (κ1) is 13.0. The van der Waals surface area contributed by atoms with E-state index in [2.05, 4.69) is 36.2 Å². The molecule has 0 amide bonds. The zero-order chi connectivity index (χ0) is 13.1. The molecule has 0 saturated heterocycles. The highest BCUT2D eigenvalue weighted by molar-refractivity contribution is 9.10. The molecule has 0 fully saturated rings. The van der Waals surface area contributed by atoms with E-state index < -0.39 is 0 Å². The van der Waals surface area contributed by atoms with Crippen LogP contribution in [0.2, 0.25) is 5.28 Å². The van der Waals surface area contributed by atoms with Gasteiger partial charge in [0.1, 0.15) is 11.6 Å². The summed E-state index contributed by atoms with van der Waals surface area (Å²) in [5.41, 5.74) is 0. The molecule has 2 rings (SSSR count). The molecule has 1 aromatic carbocycles. The molecule has 0 aliphatic carbocycles. The normalized spacial score (nSPS) is 10.2. The minimum Gasteiger partial charge on any atom is -0.424 e. The van der Waals surface area contributed by atoms with E-state index in [1.165, 1.54) is 18.2 Å². The molecule has 1 aromatic heterocycles. The van der Waals surface area contributed by atoms with Gasteiger partial charge >= 0.3 is 6.01 Å². The molecule has 2 aromatic rings. The van der Waals surface area contributed by atoms with Crippen LogP contribution in [0.1, 0.15) is 0 Å². The summed E-state index contributed by atoms with van der Waals surface area (Å²) in [6.07, 6.45) is 0. The van der Waals surface area contributed by atoms with E-state index >= 15 is 0 Å². The molecule has 0 aliphatic heterocycles. The van der Waals surface area contributed by atoms with E-state index in [0.29, 0.717) is 5.75 Å². The highest BCUT2D eigenvalue weighted by Gasteiger charge is 2.07. The number of benzene rings is 1. The lowest BCUT2D eigenvalue weighted by atomic mass is 10.3. The minimum absolute atomic E-state index is 0.00512. The lowest BCUT2D eigenvalue weighted by molar-refractivity contribution is 0.438. The highest BCUT2D eigenvalue weighted by atomic mass is 79.9. The summed E-state index contributed by atoms with van der Waals surface area (Å²) in [5, 5.41) is 2.72. The number of aromatic nitrogens is 3. The van der Waals surface area contributed by atoms with Gasteiger partial charge in [-0.15, -0.1) is 0 Å². The van der Waals surface area contributed by atoms with E-state index in [4.69, 9.17) is 16.3 Å². The Hall–Kier alpha value is -1.47. The van der Waals surface area contributed by atoms with Crippen molar-refractivity contribution in [1.29, 1.82) is 0 Å². The predicted octanol–water partition coefficient (Wildman–Crippen LogP) is 3.26. The maximum atomic E-state index is 13.0. The van der Waals surface area contributed by atoms with Crippen molar-refractivity contribution < 1.29 is 9.13 Å². The molecular weight excluding hydrogens is 326 g/mol. The lowest BCUT2D eigenvalue weighted by Gasteiger charge is -2.06. The van der Waals surface area contributed by atoms with Crippen LogP contribution in [0.15, 0.2) is 22.7 Å². The lowest BCUT2D eigenvalue weighted by Crippen LogP contribution is -2.01. The second kappa shape index (κ2) is 5.45. The number of ether oxygens (including phenoxy) is 1. The average Bonchev–Trinajstić information content (AvgIpc) is 2.33. The van der Waals surface area contributed by atoms with Crippen molar-refractivity contribution >= 4 is 33.5 Å². The van der Waals surface area contributed by atoms with Crippen LogP contribution in [0.3, 0.4) is 0 Å². The van der Waals surface area contributed by atoms with Crippen molar-refractivity contribution in [1.82, 2.24) is 15.0 Å². The molecule has 8 heteroatoms. The molecule has 0 unspecified atom stereocenters. The second-order valence-corrected chi connectivity index (χ2v) is 4.33. The molecular formula is C10H7BrClFN4O. The Labute approximate surface area is 116 Å². The van der Waals surface area contributed by atoms with Gasteiger partial charge in [-0.2, -0.15) is 15.0 Å². The van der Waals surface area contributed by atoms with Crippen LogP contribution in [0.4, 0.5) is 10.3 Å². The standard InChI is InChI=1S/C10H7BrClFN4O/c1-14-9-15-8(12)16-10(17-9)18-5-2-3-7(13)6(11)4-5/h2-4H,1H3,(H,14,15,16,17). The molecule has 1 N–H and O–H groups in total. The van der Waals surface area contributed by atoms with Crippen molar-refractivity contribution in [3.05, 3.63) is 33.8 Å². The van der Waals surface area contributed by atoms with Gasteiger partial charge in [0.05, 0.1) is 4.47 Å². The smallest absolute Gasteiger partial charge is 0.328 e. The third-order valence-corrected chi connectivity index (χ3v) is 2.69. The van der Waals surface area contributed by atoms with Gasteiger partial charge in [-0.1, -0.05) is 0 Å². The Morgan fingerprint density at radius 1 is 1.33 bits per heavy atom. The van der Waals surface area contributed by atoms with E-state index in [0.717, 1.165) is 0 Å². The van der Waals surface area contributed by atoms with Crippen molar-refractivity contribution in [2.75, 3.05) is 12.4 Å². The summed E-state index contributed by atoms with van der Waals surface area (Å²) in [5.74, 6) is 0.283. The number of rotatable bonds is 3. The van der Waals surface area contributed by atoms with Crippen LogP contribution in [0.5, 0.6) is 11.8 Å². The molecule has 18 heavy (non-hydrogen) atoms. The molecule has 0 aliphatic rings. The first-order valence-electron chi connectivity index (χ1n) is 4.80. The molecule has 0 saturated carbocycles. The number of anilines is 1. The fraction of sp³-hybridized carbons (Fsp3) is 0.100. The van der Waals surface area contributed by atoms with Gasteiger partial charge in [0, 0.05) is 7.05 Å². The topological polar surface area (TPSA) is 59.9 Å². The Balaban J connectivity index is 2.27. The maximum absolute atomic E-state index is 13.0. The monoisotopic (exact) mass is 332 g/mol. The summed E-state index contributed by atoms with van der Waals surface area (Å²) in [7, 11) is 1.64.